The average Bonchev–Trinajstić information content (AvgIpc) is 3.05. The first-order chi connectivity index (χ1) is 14.0. The summed E-state index contributed by atoms with van der Waals surface area (Å²) in [5.74, 6) is 1.90. The van der Waals surface area contributed by atoms with E-state index >= 15 is 0 Å². The molecule has 1 aromatic heterocycles. The molecular formula is C21H34IN5O3. The normalized spacial score (nSPS) is 12.1. The standard InChI is InChI=1S/C21H33N5O3.HI/c1-6-22-21(23-10-7-11-26-16(3)12-15(2)25-26)24-14-18(27)17-8-9-19(28-4)20(13-17)29-5;/h8-9,12-13,18,27H,6-7,10-11,14H2,1-5H3,(H2,22,23,24);1H. The molecule has 0 saturated carbocycles. The van der Waals surface area contributed by atoms with Gasteiger partial charge in [0.2, 0.25) is 0 Å². The lowest BCUT2D eigenvalue weighted by Crippen LogP contribution is -2.38. The number of nitrogens with zero attached hydrogens (tertiary/aromatic N) is 3. The zero-order chi connectivity index (χ0) is 21.2. The van der Waals surface area contributed by atoms with Gasteiger partial charge >= 0.3 is 0 Å². The molecule has 2 rings (SSSR count). The molecule has 168 valence electrons. The highest BCUT2D eigenvalue weighted by molar-refractivity contribution is 14.0. The maximum atomic E-state index is 10.5. The highest BCUT2D eigenvalue weighted by atomic mass is 127. The Labute approximate surface area is 196 Å². The van der Waals surface area contributed by atoms with Crippen LogP contribution in [0.1, 0.15) is 36.4 Å². The van der Waals surface area contributed by atoms with E-state index in [0.717, 1.165) is 37.3 Å². The minimum Gasteiger partial charge on any atom is -0.493 e. The molecule has 8 nitrogen and oxygen atoms in total. The van der Waals surface area contributed by atoms with Crippen molar-refractivity contribution in [2.75, 3.05) is 33.9 Å². The summed E-state index contributed by atoms with van der Waals surface area (Å²) >= 11 is 0. The zero-order valence-corrected chi connectivity index (χ0v) is 20.8. The maximum absolute atomic E-state index is 10.5. The number of ether oxygens (including phenoxy) is 2. The van der Waals surface area contributed by atoms with Gasteiger partial charge in [-0.25, -0.2) is 0 Å². The number of hydrogen-bond donors (Lipinski definition) is 3. The van der Waals surface area contributed by atoms with E-state index in [1.807, 2.05) is 24.6 Å². The number of hydrogen-bond acceptors (Lipinski definition) is 5. The zero-order valence-electron chi connectivity index (χ0n) is 18.4. The highest BCUT2D eigenvalue weighted by Gasteiger charge is 2.12. The van der Waals surface area contributed by atoms with Crippen LogP contribution in [0.15, 0.2) is 29.3 Å². The fourth-order valence-corrected chi connectivity index (χ4v) is 3.02. The van der Waals surface area contributed by atoms with Gasteiger partial charge in [0, 0.05) is 25.3 Å². The summed E-state index contributed by atoms with van der Waals surface area (Å²) in [6.45, 7) is 8.67. The second-order valence-corrected chi connectivity index (χ2v) is 6.78. The Balaban J connectivity index is 0.00000450. The fraction of sp³-hybridized carbons (Fsp3) is 0.524. The minimum atomic E-state index is -0.736. The number of nitrogens with one attached hydrogen (secondary N) is 2. The van der Waals surface area contributed by atoms with Crippen LogP contribution in [0.25, 0.3) is 0 Å². The van der Waals surface area contributed by atoms with Crippen molar-refractivity contribution < 1.29 is 14.6 Å². The van der Waals surface area contributed by atoms with Gasteiger partial charge in [-0.05, 0) is 51.0 Å². The Bertz CT molecular complexity index is 810. The predicted molar refractivity (Wildman–Crippen MR) is 130 cm³/mol. The molecule has 0 aliphatic carbocycles. The predicted octanol–water partition coefficient (Wildman–Crippen LogP) is 2.81. The van der Waals surface area contributed by atoms with Crippen molar-refractivity contribution in [1.29, 1.82) is 0 Å². The lowest BCUT2D eigenvalue weighted by Gasteiger charge is -2.15. The van der Waals surface area contributed by atoms with E-state index in [1.165, 1.54) is 5.69 Å². The number of methoxy groups -OCH3 is 2. The van der Waals surface area contributed by atoms with E-state index in [9.17, 15) is 5.11 Å². The van der Waals surface area contributed by atoms with Crippen LogP contribution in [0.4, 0.5) is 0 Å². The summed E-state index contributed by atoms with van der Waals surface area (Å²) in [6.07, 6.45) is 0.185. The second kappa shape index (κ2) is 13.3. The Kier molecular flexibility index (Phi) is 11.6. The van der Waals surface area contributed by atoms with Gasteiger partial charge in [-0.15, -0.1) is 24.0 Å². The van der Waals surface area contributed by atoms with Gasteiger partial charge in [0.25, 0.3) is 0 Å². The van der Waals surface area contributed by atoms with Crippen LogP contribution < -0.4 is 20.1 Å². The Morgan fingerprint density at radius 3 is 2.50 bits per heavy atom. The van der Waals surface area contributed by atoms with Crippen molar-refractivity contribution in [2.45, 2.75) is 39.8 Å². The number of benzene rings is 1. The van der Waals surface area contributed by atoms with Gasteiger partial charge in [0.15, 0.2) is 17.5 Å². The first-order valence-corrected chi connectivity index (χ1v) is 9.91. The van der Waals surface area contributed by atoms with E-state index in [2.05, 4.69) is 33.7 Å². The van der Waals surface area contributed by atoms with Gasteiger partial charge in [0.05, 0.1) is 32.6 Å². The topological polar surface area (TPSA) is 92.9 Å². The molecule has 3 N–H and O–H groups in total. The van der Waals surface area contributed by atoms with Crippen LogP contribution in [0.5, 0.6) is 11.5 Å². The highest BCUT2D eigenvalue weighted by Crippen LogP contribution is 2.30. The van der Waals surface area contributed by atoms with Gasteiger partial charge in [-0.2, -0.15) is 5.10 Å². The first-order valence-electron chi connectivity index (χ1n) is 9.91. The van der Waals surface area contributed by atoms with Crippen molar-refractivity contribution in [3.63, 3.8) is 0 Å². The minimum absolute atomic E-state index is 0. The molecule has 0 aliphatic heterocycles. The average molecular weight is 531 g/mol. The van der Waals surface area contributed by atoms with Crippen molar-refractivity contribution in [3.05, 3.63) is 41.2 Å². The molecule has 1 heterocycles. The third-order valence-corrected chi connectivity index (χ3v) is 4.50. The SMILES string of the molecule is CCNC(=NCC(O)c1ccc(OC)c(OC)c1)NCCCn1nc(C)cc1C.I. The maximum Gasteiger partial charge on any atom is 0.191 e. The molecule has 2 aromatic rings. The molecule has 0 fully saturated rings. The lowest BCUT2D eigenvalue weighted by molar-refractivity contribution is 0.186. The van der Waals surface area contributed by atoms with E-state index in [4.69, 9.17) is 9.47 Å². The van der Waals surface area contributed by atoms with Crippen LogP contribution in [0.2, 0.25) is 0 Å². The van der Waals surface area contributed by atoms with Gasteiger partial charge in [0.1, 0.15) is 0 Å². The molecule has 0 spiro atoms. The van der Waals surface area contributed by atoms with E-state index in [-0.39, 0.29) is 30.5 Å². The van der Waals surface area contributed by atoms with Gasteiger partial charge in [-0.1, -0.05) is 6.07 Å². The number of halogens is 1. The molecule has 0 saturated heterocycles. The number of aliphatic hydroxyl groups excluding tert-OH is 1. The molecule has 0 amide bonds. The number of aliphatic imine (C=N–C) groups is 1. The Morgan fingerprint density at radius 1 is 1.17 bits per heavy atom. The molecule has 9 heteroatoms. The number of guanidine groups is 1. The summed E-state index contributed by atoms with van der Waals surface area (Å²) in [7, 11) is 3.16. The summed E-state index contributed by atoms with van der Waals surface area (Å²) in [6, 6.07) is 7.45. The van der Waals surface area contributed by atoms with Crippen LogP contribution in [-0.4, -0.2) is 54.7 Å². The molecular weight excluding hydrogens is 497 g/mol. The van der Waals surface area contributed by atoms with Crippen molar-refractivity contribution in [1.82, 2.24) is 20.4 Å². The number of aliphatic hydroxyl groups is 1. The summed E-state index contributed by atoms with van der Waals surface area (Å²) in [5, 5.41) is 21.5. The van der Waals surface area contributed by atoms with E-state index in [1.54, 1.807) is 26.4 Å². The lowest BCUT2D eigenvalue weighted by atomic mass is 10.1. The van der Waals surface area contributed by atoms with E-state index in [0.29, 0.717) is 17.5 Å². The van der Waals surface area contributed by atoms with E-state index < -0.39 is 6.10 Å². The molecule has 1 atom stereocenters. The number of rotatable bonds is 10. The molecule has 0 radical (unpaired) electrons. The third-order valence-electron chi connectivity index (χ3n) is 4.50. The van der Waals surface area contributed by atoms with Crippen LogP contribution in [-0.2, 0) is 6.54 Å². The summed E-state index contributed by atoms with van der Waals surface area (Å²) < 4.78 is 12.6. The third kappa shape index (κ3) is 7.67. The van der Waals surface area contributed by atoms with Crippen molar-refractivity contribution >= 4 is 29.9 Å². The van der Waals surface area contributed by atoms with Crippen molar-refractivity contribution in [3.8, 4) is 11.5 Å². The smallest absolute Gasteiger partial charge is 0.191 e. The van der Waals surface area contributed by atoms with Crippen LogP contribution in [0.3, 0.4) is 0 Å². The molecule has 1 aromatic carbocycles. The van der Waals surface area contributed by atoms with Crippen LogP contribution in [0, 0.1) is 13.8 Å². The van der Waals surface area contributed by atoms with Crippen molar-refractivity contribution in [2.24, 2.45) is 4.99 Å². The Morgan fingerprint density at radius 2 is 1.90 bits per heavy atom. The largest absolute Gasteiger partial charge is 0.493 e. The van der Waals surface area contributed by atoms with Gasteiger partial charge in [-0.3, -0.25) is 9.67 Å². The van der Waals surface area contributed by atoms with Crippen LogP contribution >= 0.6 is 24.0 Å². The fourth-order valence-electron chi connectivity index (χ4n) is 3.02. The summed E-state index contributed by atoms with van der Waals surface area (Å²) in [5.41, 5.74) is 2.93. The quantitative estimate of drug-likeness (QED) is 0.189. The molecule has 0 aliphatic rings. The number of aryl methyl sites for hydroxylation is 3. The van der Waals surface area contributed by atoms with Gasteiger partial charge < -0.3 is 25.2 Å². The first kappa shape index (κ1) is 26.0. The second-order valence-electron chi connectivity index (χ2n) is 6.78. The Hall–Kier alpha value is -2.01. The molecule has 1 unspecified atom stereocenters. The summed E-state index contributed by atoms with van der Waals surface area (Å²) in [4.78, 5) is 4.50. The monoisotopic (exact) mass is 531 g/mol. The number of aromatic nitrogens is 2. The molecule has 30 heavy (non-hydrogen) atoms. The molecule has 0 bridgehead atoms.